The molecule has 1 aromatic carbocycles. The van der Waals surface area contributed by atoms with Crippen molar-refractivity contribution in [3.63, 3.8) is 0 Å². The van der Waals surface area contributed by atoms with Gasteiger partial charge in [-0.2, -0.15) is 5.06 Å². The van der Waals surface area contributed by atoms with Gasteiger partial charge in [-0.3, -0.25) is 0 Å². The van der Waals surface area contributed by atoms with Crippen molar-refractivity contribution in [3.8, 4) is 5.88 Å². The van der Waals surface area contributed by atoms with E-state index in [1.165, 1.54) is 10.6 Å². The van der Waals surface area contributed by atoms with Crippen LogP contribution in [0.1, 0.15) is 42.7 Å². The van der Waals surface area contributed by atoms with Gasteiger partial charge in [0.2, 0.25) is 5.88 Å². The molecule has 0 aliphatic heterocycles. The van der Waals surface area contributed by atoms with Crippen LogP contribution in [0.2, 0.25) is 0 Å². The SMILES string of the molecule is C/C=C(\C)CCN(O)Cc1c(C)cc(C)nc1OCc1ccccc1. The average Bonchev–Trinajstić information content (AvgIpc) is 2.61. The zero-order chi connectivity index (χ0) is 18.2. The van der Waals surface area contributed by atoms with Gasteiger partial charge < -0.3 is 9.94 Å². The lowest BCUT2D eigenvalue weighted by Gasteiger charge is -2.19. The van der Waals surface area contributed by atoms with Gasteiger partial charge in [0.1, 0.15) is 6.61 Å². The monoisotopic (exact) mass is 340 g/mol. The fourth-order valence-electron chi connectivity index (χ4n) is 2.58. The fraction of sp³-hybridized carbons (Fsp3) is 0.381. The van der Waals surface area contributed by atoms with Gasteiger partial charge in [-0.05, 0) is 51.3 Å². The summed E-state index contributed by atoms with van der Waals surface area (Å²) in [6, 6.07) is 12.1. The number of rotatable bonds is 8. The zero-order valence-electron chi connectivity index (χ0n) is 15.6. The Morgan fingerprint density at radius 3 is 2.64 bits per heavy atom. The Kier molecular flexibility index (Phi) is 7.16. The lowest BCUT2D eigenvalue weighted by Crippen LogP contribution is -2.21. The van der Waals surface area contributed by atoms with E-state index in [0.29, 0.717) is 25.6 Å². The minimum Gasteiger partial charge on any atom is -0.473 e. The van der Waals surface area contributed by atoms with Crippen LogP contribution in [0.5, 0.6) is 5.88 Å². The second-order valence-corrected chi connectivity index (χ2v) is 6.41. The highest BCUT2D eigenvalue weighted by molar-refractivity contribution is 5.36. The molecule has 134 valence electrons. The molecule has 0 unspecified atom stereocenters. The number of benzene rings is 1. The van der Waals surface area contributed by atoms with Crippen molar-refractivity contribution in [1.29, 1.82) is 0 Å². The molecule has 0 atom stereocenters. The smallest absolute Gasteiger partial charge is 0.218 e. The summed E-state index contributed by atoms with van der Waals surface area (Å²) in [7, 11) is 0. The molecule has 0 saturated carbocycles. The number of aryl methyl sites for hydroxylation is 2. The van der Waals surface area contributed by atoms with Crippen LogP contribution in [-0.4, -0.2) is 21.8 Å². The minimum absolute atomic E-state index is 0.403. The van der Waals surface area contributed by atoms with E-state index in [2.05, 4.69) is 18.0 Å². The second kappa shape index (κ2) is 9.35. The van der Waals surface area contributed by atoms with Gasteiger partial charge in [0.15, 0.2) is 0 Å². The Balaban J connectivity index is 2.10. The Morgan fingerprint density at radius 2 is 1.96 bits per heavy atom. The molecule has 0 spiro atoms. The molecule has 1 heterocycles. The molecule has 0 aliphatic rings. The number of ether oxygens (including phenoxy) is 1. The Hall–Kier alpha value is -2.17. The fourth-order valence-corrected chi connectivity index (χ4v) is 2.58. The van der Waals surface area contributed by atoms with Gasteiger partial charge >= 0.3 is 0 Å². The van der Waals surface area contributed by atoms with Crippen molar-refractivity contribution in [2.24, 2.45) is 0 Å². The minimum atomic E-state index is 0.403. The number of hydrogen-bond acceptors (Lipinski definition) is 4. The van der Waals surface area contributed by atoms with E-state index in [9.17, 15) is 5.21 Å². The van der Waals surface area contributed by atoms with Crippen LogP contribution in [-0.2, 0) is 13.2 Å². The summed E-state index contributed by atoms with van der Waals surface area (Å²) in [4.78, 5) is 4.54. The molecule has 0 fully saturated rings. The number of nitrogens with zero attached hydrogens (tertiary/aromatic N) is 2. The average molecular weight is 340 g/mol. The topological polar surface area (TPSA) is 45.6 Å². The summed E-state index contributed by atoms with van der Waals surface area (Å²) in [5.41, 5.74) is 5.29. The normalized spacial score (nSPS) is 11.8. The standard InChI is InChI=1S/C21H28N2O2/c1-5-16(2)11-12-23(24)14-20-17(3)13-18(4)22-21(20)25-15-19-9-7-6-8-10-19/h5-10,13,24H,11-12,14-15H2,1-4H3/b16-5+. The van der Waals surface area contributed by atoms with Gasteiger partial charge in [0.25, 0.3) is 0 Å². The molecule has 0 amide bonds. The summed E-state index contributed by atoms with van der Waals surface area (Å²) >= 11 is 0. The Morgan fingerprint density at radius 1 is 1.24 bits per heavy atom. The van der Waals surface area contributed by atoms with Crippen molar-refractivity contribution >= 4 is 0 Å². The van der Waals surface area contributed by atoms with Crippen molar-refractivity contribution < 1.29 is 9.94 Å². The van der Waals surface area contributed by atoms with Gasteiger partial charge in [0.05, 0.1) is 6.54 Å². The molecule has 0 saturated heterocycles. The Labute approximate surface area is 150 Å². The van der Waals surface area contributed by atoms with Gasteiger partial charge in [-0.25, -0.2) is 4.98 Å². The molecule has 25 heavy (non-hydrogen) atoms. The lowest BCUT2D eigenvalue weighted by atomic mass is 10.1. The largest absolute Gasteiger partial charge is 0.473 e. The molecule has 0 aliphatic carbocycles. The summed E-state index contributed by atoms with van der Waals surface area (Å²) in [6.07, 6.45) is 2.91. The van der Waals surface area contributed by atoms with E-state index in [1.54, 1.807) is 0 Å². The molecule has 0 bridgehead atoms. The summed E-state index contributed by atoms with van der Waals surface area (Å²) in [5, 5.41) is 11.6. The van der Waals surface area contributed by atoms with E-state index in [1.807, 2.05) is 57.2 Å². The summed E-state index contributed by atoms with van der Waals surface area (Å²) in [5.74, 6) is 0.600. The van der Waals surface area contributed by atoms with Crippen LogP contribution in [0.3, 0.4) is 0 Å². The van der Waals surface area contributed by atoms with Crippen LogP contribution in [0, 0.1) is 13.8 Å². The van der Waals surface area contributed by atoms with Gasteiger partial charge in [0, 0.05) is 17.8 Å². The quantitative estimate of drug-likeness (QED) is 0.552. The van der Waals surface area contributed by atoms with Crippen molar-refractivity contribution in [1.82, 2.24) is 10.0 Å². The molecule has 4 nitrogen and oxygen atoms in total. The number of allylic oxidation sites excluding steroid dienone is 1. The maximum Gasteiger partial charge on any atom is 0.218 e. The molecular formula is C21H28N2O2. The van der Waals surface area contributed by atoms with Crippen LogP contribution in [0.4, 0.5) is 0 Å². The van der Waals surface area contributed by atoms with Gasteiger partial charge in [-0.1, -0.05) is 42.0 Å². The number of hydroxylamine groups is 2. The van der Waals surface area contributed by atoms with Gasteiger partial charge in [-0.15, -0.1) is 0 Å². The summed E-state index contributed by atoms with van der Waals surface area (Å²) < 4.78 is 5.97. The third kappa shape index (κ3) is 6.00. The predicted molar refractivity (Wildman–Crippen MR) is 101 cm³/mol. The maximum absolute atomic E-state index is 10.3. The van der Waals surface area contributed by atoms with Crippen molar-refractivity contribution in [2.45, 2.75) is 47.3 Å². The third-order valence-corrected chi connectivity index (χ3v) is 4.25. The van der Waals surface area contributed by atoms with Crippen LogP contribution in [0.15, 0.2) is 48.0 Å². The van der Waals surface area contributed by atoms with E-state index in [-0.39, 0.29) is 0 Å². The third-order valence-electron chi connectivity index (χ3n) is 4.25. The molecular weight excluding hydrogens is 312 g/mol. The van der Waals surface area contributed by atoms with E-state index < -0.39 is 0 Å². The van der Waals surface area contributed by atoms with Crippen molar-refractivity contribution in [2.75, 3.05) is 6.54 Å². The van der Waals surface area contributed by atoms with Crippen LogP contribution >= 0.6 is 0 Å². The van der Waals surface area contributed by atoms with Crippen molar-refractivity contribution in [3.05, 3.63) is 70.4 Å². The highest BCUT2D eigenvalue weighted by atomic mass is 16.5. The highest BCUT2D eigenvalue weighted by Gasteiger charge is 2.14. The number of hydrogen-bond donors (Lipinski definition) is 1. The predicted octanol–water partition coefficient (Wildman–Crippen LogP) is 4.82. The van der Waals surface area contributed by atoms with E-state index >= 15 is 0 Å². The number of pyridine rings is 1. The molecule has 4 heteroatoms. The zero-order valence-corrected chi connectivity index (χ0v) is 15.6. The first-order valence-electron chi connectivity index (χ1n) is 8.69. The molecule has 2 rings (SSSR count). The maximum atomic E-state index is 10.3. The van der Waals surface area contributed by atoms with Crippen LogP contribution in [0.25, 0.3) is 0 Å². The first kappa shape index (κ1) is 19.2. The van der Waals surface area contributed by atoms with Crippen LogP contribution < -0.4 is 4.74 Å². The first-order valence-corrected chi connectivity index (χ1v) is 8.69. The molecule has 1 N–H and O–H groups in total. The highest BCUT2D eigenvalue weighted by Crippen LogP contribution is 2.23. The second-order valence-electron chi connectivity index (χ2n) is 6.41. The first-order chi connectivity index (χ1) is 12.0. The lowest BCUT2D eigenvalue weighted by molar-refractivity contribution is -0.0988. The molecule has 2 aromatic rings. The Bertz CT molecular complexity index is 711. The van der Waals surface area contributed by atoms with E-state index in [4.69, 9.17) is 4.74 Å². The molecule has 0 radical (unpaired) electrons. The number of aromatic nitrogens is 1. The van der Waals surface area contributed by atoms with E-state index in [0.717, 1.165) is 28.8 Å². The summed E-state index contributed by atoms with van der Waals surface area (Å²) in [6.45, 7) is 9.53. The molecule has 1 aromatic heterocycles.